The molecule has 0 spiro atoms. The number of carbonyl (C=O) groups is 5. The summed E-state index contributed by atoms with van der Waals surface area (Å²) in [6.07, 6.45) is 8.75. The topological polar surface area (TPSA) is 159 Å². The third kappa shape index (κ3) is 12.1. The van der Waals surface area contributed by atoms with E-state index in [4.69, 9.17) is 0 Å². The molecule has 4 amide bonds. The van der Waals surface area contributed by atoms with Crippen molar-refractivity contribution in [1.29, 1.82) is 0 Å². The van der Waals surface area contributed by atoms with Crippen molar-refractivity contribution in [2.45, 2.75) is 145 Å². The Morgan fingerprint density at radius 3 is 2.11 bits per heavy atom. The number of Topliss-reactive ketones (excluding diaryl/α,β-unsaturated/α-hetero) is 2. The summed E-state index contributed by atoms with van der Waals surface area (Å²) in [6, 6.07) is 5.29. The minimum atomic E-state index is -3.60. The van der Waals surface area contributed by atoms with Crippen LogP contribution in [-0.2, 0) is 41.9 Å². The number of amides is 4. The molecule has 0 aliphatic heterocycles. The van der Waals surface area contributed by atoms with Crippen LogP contribution in [0.2, 0.25) is 0 Å². The van der Waals surface area contributed by atoms with Crippen molar-refractivity contribution in [3.63, 3.8) is 0 Å². The molecule has 1 aromatic carbocycles. The molecular weight excluding hydrogens is 831 g/mol. The maximum absolute atomic E-state index is 15.1. The van der Waals surface area contributed by atoms with Crippen LogP contribution in [0, 0.1) is 23.7 Å². The summed E-state index contributed by atoms with van der Waals surface area (Å²) in [5.74, 6) is -2.31. The predicted octanol–water partition coefficient (Wildman–Crippen LogP) is 6.26. The van der Waals surface area contributed by atoms with Gasteiger partial charge in [-0.25, -0.2) is 13.2 Å². The lowest BCUT2D eigenvalue weighted by molar-refractivity contribution is -0.142. The van der Waals surface area contributed by atoms with E-state index in [1.807, 2.05) is 67.6 Å². The number of halogens is 1. The number of alkyl halides is 1. The van der Waals surface area contributed by atoms with Crippen molar-refractivity contribution in [2.75, 3.05) is 12.3 Å². The molecule has 3 aliphatic carbocycles. The van der Waals surface area contributed by atoms with Gasteiger partial charge in [0.05, 0.1) is 22.1 Å². The Kier molecular flexibility index (Phi) is 15.6. The second-order valence-corrected chi connectivity index (χ2v) is 21.6. The van der Waals surface area contributed by atoms with Gasteiger partial charge in [-0.1, -0.05) is 83.2 Å². The van der Waals surface area contributed by atoms with Crippen molar-refractivity contribution in [2.24, 2.45) is 23.7 Å². The van der Waals surface area contributed by atoms with Gasteiger partial charge in [-0.2, -0.15) is 0 Å². The van der Waals surface area contributed by atoms with E-state index in [1.54, 1.807) is 26.8 Å². The van der Waals surface area contributed by atoms with Gasteiger partial charge in [0, 0.05) is 13.0 Å². The van der Waals surface area contributed by atoms with Crippen LogP contribution in [0.25, 0.3) is 0 Å². The number of nitrogens with zero attached hydrogens (tertiary/aromatic N) is 1. The van der Waals surface area contributed by atoms with Gasteiger partial charge in [0.15, 0.2) is 13.9 Å². The number of carbonyl (C=O) groups excluding carboxylic acids is 5. The van der Waals surface area contributed by atoms with Crippen LogP contribution in [0.1, 0.15) is 117 Å². The number of allylic oxidation sites excluding steroid dienone is 1. The van der Waals surface area contributed by atoms with Crippen LogP contribution >= 0.6 is 22.6 Å². The zero-order valence-corrected chi connectivity index (χ0v) is 36.6. The number of urea groups is 1. The molecule has 3 aliphatic rings. The Morgan fingerprint density at radius 2 is 1.58 bits per heavy atom. The van der Waals surface area contributed by atoms with E-state index in [1.165, 1.54) is 4.90 Å². The smallest absolute Gasteiger partial charge is 0.315 e. The maximum Gasteiger partial charge on any atom is 0.315 e. The lowest BCUT2D eigenvalue weighted by Crippen LogP contribution is -2.63. The molecular formula is C42H63IN4O7S. The highest BCUT2D eigenvalue weighted by atomic mass is 127. The van der Waals surface area contributed by atoms with Gasteiger partial charge < -0.3 is 20.9 Å². The summed E-state index contributed by atoms with van der Waals surface area (Å²) in [7, 11) is -3.60. The van der Waals surface area contributed by atoms with Gasteiger partial charge in [0.25, 0.3) is 5.91 Å². The van der Waals surface area contributed by atoms with Gasteiger partial charge in [-0.05, 0) is 117 Å². The highest BCUT2D eigenvalue weighted by Crippen LogP contribution is 2.35. The van der Waals surface area contributed by atoms with E-state index < -0.39 is 65.7 Å². The Morgan fingerprint density at radius 1 is 0.982 bits per heavy atom. The maximum atomic E-state index is 15.1. The van der Waals surface area contributed by atoms with E-state index in [-0.39, 0.29) is 42.4 Å². The van der Waals surface area contributed by atoms with E-state index in [0.29, 0.717) is 38.5 Å². The Labute approximate surface area is 342 Å². The minimum Gasteiger partial charge on any atom is -0.343 e. The molecule has 13 heteroatoms. The summed E-state index contributed by atoms with van der Waals surface area (Å²) >= 11 is 1.94. The van der Waals surface area contributed by atoms with Gasteiger partial charge in [-0.3, -0.25) is 19.2 Å². The standard InChI is InChI=1S/C42H63IN4O7S/c1-8-9-17-34(48)36(49)33(22-29-18-19-29)44-38(50)37(43)47(25-28(4)27(2)3)39(51)35(32-23-30-15-11-12-16-31(30)24-32)45-40(52)46-42(20-13-10-14-21-42)26-55(53,54)41(5,6)7/h8,11-12,15-16,27-29,32-33,35,37H,1,9-10,13-14,17-26H2,2-7H3,(H,44,50)(H2,45,46,52)/t28-,33?,35+,37-/m1/s1. The number of sulfone groups is 1. The molecule has 4 atom stereocenters. The van der Waals surface area contributed by atoms with E-state index in [2.05, 4.69) is 22.5 Å². The second-order valence-electron chi connectivity index (χ2n) is 17.6. The average Bonchev–Trinajstić information content (AvgIpc) is 3.84. The van der Waals surface area contributed by atoms with E-state index in [9.17, 15) is 27.6 Å². The summed E-state index contributed by atoms with van der Waals surface area (Å²) < 4.78 is 25.0. The summed E-state index contributed by atoms with van der Waals surface area (Å²) in [4.78, 5) is 70.9. The molecule has 2 fully saturated rings. The van der Waals surface area contributed by atoms with Crippen molar-refractivity contribution < 1.29 is 32.4 Å². The Balaban J connectivity index is 1.65. The molecule has 55 heavy (non-hydrogen) atoms. The molecule has 1 aromatic rings. The van der Waals surface area contributed by atoms with Gasteiger partial charge in [0.1, 0.15) is 6.04 Å². The number of fused-ring (bicyclic) bond motifs is 1. The lowest BCUT2D eigenvalue weighted by atomic mass is 9.83. The number of nitrogens with one attached hydrogen (secondary N) is 3. The molecule has 11 nitrogen and oxygen atoms in total. The first-order chi connectivity index (χ1) is 25.8. The fourth-order valence-electron chi connectivity index (χ4n) is 7.59. The second kappa shape index (κ2) is 19.1. The van der Waals surface area contributed by atoms with Crippen molar-refractivity contribution in [3.05, 3.63) is 48.0 Å². The summed E-state index contributed by atoms with van der Waals surface area (Å²) in [5.41, 5.74) is 1.19. The Hall–Kier alpha value is -2.81. The molecule has 4 rings (SSSR count). The van der Waals surface area contributed by atoms with Crippen molar-refractivity contribution in [3.8, 4) is 0 Å². The average molecular weight is 895 g/mol. The van der Waals surface area contributed by atoms with Crippen LogP contribution in [0.3, 0.4) is 0 Å². The van der Waals surface area contributed by atoms with Crippen LogP contribution in [0.5, 0.6) is 0 Å². The van der Waals surface area contributed by atoms with Crippen LogP contribution < -0.4 is 16.0 Å². The first-order valence-corrected chi connectivity index (χ1v) is 23.0. The summed E-state index contributed by atoms with van der Waals surface area (Å²) in [5, 5.41) is 8.93. The number of hydrogen-bond donors (Lipinski definition) is 3. The van der Waals surface area contributed by atoms with E-state index >= 15 is 4.79 Å². The SMILES string of the molecule is C=CCCC(=O)C(=O)C(CC1CC1)NC(=O)[C@H](I)N(C[C@@H](C)C(C)C)C(=O)[C@@H](NC(=O)NC1(CS(=O)(=O)C(C)(C)C)CCCCC1)C1Cc2ccccc2C1. The molecule has 1 unspecified atom stereocenters. The molecule has 0 heterocycles. The Bertz CT molecular complexity index is 1650. The molecule has 2 saturated carbocycles. The van der Waals surface area contributed by atoms with Crippen molar-refractivity contribution >= 4 is 61.8 Å². The third-order valence-electron chi connectivity index (χ3n) is 11.8. The first kappa shape index (κ1) is 44.9. The molecule has 0 aromatic heterocycles. The minimum absolute atomic E-state index is 0.0200. The van der Waals surface area contributed by atoms with Gasteiger partial charge in [0.2, 0.25) is 17.5 Å². The highest BCUT2D eigenvalue weighted by Gasteiger charge is 2.45. The molecule has 0 bridgehead atoms. The molecule has 0 radical (unpaired) electrons. The fraction of sp³-hybridized carbons (Fsp3) is 0.690. The summed E-state index contributed by atoms with van der Waals surface area (Å²) in [6.45, 7) is 14.9. The number of ketones is 2. The number of hydrogen-bond acceptors (Lipinski definition) is 7. The largest absolute Gasteiger partial charge is 0.343 e. The predicted molar refractivity (Wildman–Crippen MR) is 224 cm³/mol. The van der Waals surface area contributed by atoms with Crippen molar-refractivity contribution in [1.82, 2.24) is 20.9 Å². The normalized spacial score (nSPS) is 19.3. The number of benzene rings is 1. The third-order valence-corrected chi connectivity index (χ3v) is 15.9. The first-order valence-electron chi connectivity index (χ1n) is 20.1. The zero-order chi connectivity index (χ0) is 40.7. The molecule has 3 N–H and O–H groups in total. The quantitative estimate of drug-likeness (QED) is 0.0487. The van der Waals surface area contributed by atoms with Gasteiger partial charge in [-0.15, -0.1) is 6.58 Å². The van der Waals surface area contributed by atoms with Crippen LogP contribution in [0.4, 0.5) is 4.79 Å². The molecule has 0 saturated heterocycles. The monoisotopic (exact) mass is 894 g/mol. The molecule has 306 valence electrons. The number of rotatable bonds is 19. The van der Waals surface area contributed by atoms with E-state index in [0.717, 1.165) is 43.2 Å². The zero-order valence-electron chi connectivity index (χ0n) is 33.6. The van der Waals surface area contributed by atoms with Crippen LogP contribution in [-0.4, -0.2) is 81.4 Å². The highest BCUT2D eigenvalue weighted by molar-refractivity contribution is 14.1. The van der Waals surface area contributed by atoms with Gasteiger partial charge >= 0.3 is 6.03 Å². The fourth-order valence-corrected chi connectivity index (χ4v) is 9.79. The lowest BCUT2D eigenvalue weighted by Gasteiger charge is -2.40. The van der Waals surface area contributed by atoms with Crippen LogP contribution in [0.15, 0.2) is 36.9 Å².